The van der Waals surface area contributed by atoms with Crippen molar-refractivity contribution in [2.45, 2.75) is 57.5 Å². The van der Waals surface area contributed by atoms with E-state index in [1.165, 1.54) is 12.8 Å². The van der Waals surface area contributed by atoms with Gasteiger partial charge in [-0.1, -0.05) is 0 Å². The molecule has 18 heavy (non-hydrogen) atoms. The van der Waals surface area contributed by atoms with Gasteiger partial charge in [0, 0.05) is 12.6 Å². The van der Waals surface area contributed by atoms with E-state index in [1.807, 2.05) is 0 Å². The van der Waals surface area contributed by atoms with Crippen LogP contribution in [0.15, 0.2) is 0 Å². The summed E-state index contributed by atoms with van der Waals surface area (Å²) in [5, 5.41) is 13.0. The van der Waals surface area contributed by atoms with E-state index in [0.717, 1.165) is 44.8 Å². The molecule has 1 aliphatic carbocycles. The molecule has 4 heteroatoms. The predicted octanol–water partition coefficient (Wildman–Crippen LogP) is 1.70. The van der Waals surface area contributed by atoms with Crippen molar-refractivity contribution >= 4 is 5.97 Å². The van der Waals surface area contributed by atoms with Gasteiger partial charge in [-0.3, -0.25) is 4.79 Å². The average molecular weight is 254 g/mol. The Kier molecular flexibility index (Phi) is 4.28. The van der Waals surface area contributed by atoms with Crippen LogP contribution in [0.25, 0.3) is 0 Å². The highest BCUT2D eigenvalue weighted by Gasteiger charge is 2.40. The quantitative estimate of drug-likeness (QED) is 0.784. The molecule has 2 aliphatic rings. The molecule has 0 radical (unpaired) electrons. The van der Waals surface area contributed by atoms with Crippen molar-refractivity contribution in [2.24, 2.45) is 5.92 Å². The molecule has 1 heterocycles. The highest BCUT2D eigenvalue weighted by atomic mass is 16.4. The van der Waals surface area contributed by atoms with Gasteiger partial charge in [-0.2, -0.15) is 0 Å². The van der Waals surface area contributed by atoms with Gasteiger partial charge < -0.3 is 15.3 Å². The van der Waals surface area contributed by atoms with Crippen LogP contribution >= 0.6 is 0 Å². The largest absolute Gasteiger partial charge is 0.480 e. The van der Waals surface area contributed by atoms with Crippen LogP contribution < -0.4 is 5.32 Å². The van der Waals surface area contributed by atoms with Gasteiger partial charge in [-0.05, 0) is 65.0 Å². The summed E-state index contributed by atoms with van der Waals surface area (Å²) in [7, 11) is 0. The summed E-state index contributed by atoms with van der Waals surface area (Å²) in [6, 6.07) is 0.512. The van der Waals surface area contributed by atoms with E-state index in [2.05, 4.69) is 24.1 Å². The first-order valence-corrected chi connectivity index (χ1v) is 7.26. The topological polar surface area (TPSA) is 52.6 Å². The highest BCUT2D eigenvalue weighted by molar-refractivity contribution is 5.78. The number of nitrogens with one attached hydrogen (secondary N) is 1. The predicted molar refractivity (Wildman–Crippen MR) is 71.7 cm³/mol. The molecule has 0 aromatic carbocycles. The SMILES string of the molecule is CC(C)N1CCCC(NCC2CC2)(C(=O)O)CC1. The van der Waals surface area contributed by atoms with Gasteiger partial charge in [0.25, 0.3) is 0 Å². The Morgan fingerprint density at radius 3 is 2.67 bits per heavy atom. The fourth-order valence-electron chi connectivity index (χ4n) is 2.80. The van der Waals surface area contributed by atoms with Crippen molar-refractivity contribution in [1.29, 1.82) is 0 Å². The van der Waals surface area contributed by atoms with Crippen molar-refractivity contribution in [3.05, 3.63) is 0 Å². The van der Waals surface area contributed by atoms with Gasteiger partial charge >= 0.3 is 5.97 Å². The summed E-state index contributed by atoms with van der Waals surface area (Å²) in [5.74, 6) is 0.0689. The third kappa shape index (κ3) is 3.23. The second kappa shape index (κ2) is 5.57. The molecule has 0 bridgehead atoms. The van der Waals surface area contributed by atoms with Crippen molar-refractivity contribution in [1.82, 2.24) is 10.2 Å². The van der Waals surface area contributed by atoms with Crippen LogP contribution in [0.3, 0.4) is 0 Å². The Bertz CT molecular complexity index is 302. The lowest BCUT2D eigenvalue weighted by Gasteiger charge is -2.30. The van der Waals surface area contributed by atoms with Gasteiger partial charge in [0.1, 0.15) is 5.54 Å². The number of carboxylic acids is 1. The number of rotatable bonds is 5. The third-order valence-electron chi connectivity index (χ3n) is 4.44. The van der Waals surface area contributed by atoms with Gasteiger partial charge in [-0.15, -0.1) is 0 Å². The number of carboxylic acid groups (broad SMARTS) is 1. The molecule has 104 valence electrons. The van der Waals surface area contributed by atoms with E-state index in [9.17, 15) is 9.90 Å². The Hall–Kier alpha value is -0.610. The number of hydrogen-bond donors (Lipinski definition) is 2. The Balaban J connectivity index is 1.97. The van der Waals surface area contributed by atoms with Crippen LogP contribution in [-0.4, -0.2) is 47.2 Å². The van der Waals surface area contributed by atoms with Gasteiger partial charge in [-0.25, -0.2) is 0 Å². The monoisotopic (exact) mass is 254 g/mol. The molecule has 2 fully saturated rings. The molecule has 0 spiro atoms. The minimum Gasteiger partial charge on any atom is -0.480 e. The van der Waals surface area contributed by atoms with Gasteiger partial charge in [0.2, 0.25) is 0 Å². The normalized spacial score (nSPS) is 30.4. The molecular weight excluding hydrogens is 228 g/mol. The maximum atomic E-state index is 11.7. The standard InChI is InChI=1S/C14H26N2O2/c1-11(2)16-8-3-6-14(7-9-16,13(17)18)15-10-12-4-5-12/h11-12,15H,3-10H2,1-2H3,(H,17,18). The lowest BCUT2D eigenvalue weighted by atomic mass is 9.90. The zero-order chi connectivity index (χ0) is 13.2. The molecular formula is C14H26N2O2. The van der Waals surface area contributed by atoms with E-state index in [0.29, 0.717) is 6.04 Å². The first-order chi connectivity index (χ1) is 8.53. The lowest BCUT2D eigenvalue weighted by molar-refractivity contribution is -0.145. The number of hydrogen-bond acceptors (Lipinski definition) is 3. The maximum Gasteiger partial charge on any atom is 0.323 e. The van der Waals surface area contributed by atoms with Crippen molar-refractivity contribution in [3.63, 3.8) is 0 Å². The smallest absolute Gasteiger partial charge is 0.323 e. The molecule has 1 saturated heterocycles. The van der Waals surface area contributed by atoms with Crippen LogP contribution in [0.4, 0.5) is 0 Å². The summed E-state index contributed by atoms with van der Waals surface area (Å²) in [4.78, 5) is 14.0. The Morgan fingerprint density at radius 2 is 2.11 bits per heavy atom. The maximum absolute atomic E-state index is 11.7. The Morgan fingerprint density at radius 1 is 1.39 bits per heavy atom. The van der Waals surface area contributed by atoms with Gasteiger partial charge in [0.05, 0.1) is 0 Å². The number of nitrogens with zero attached hydrogens (tertiary/aromatic N) is 1. The van der Waals surface area contributed by atoms with E-state index < -0.39 is 11.5 Å². The summed E-state index contributed by atoms with van der Waals surface area (Å²) in [6.07, 6.45) is 5.00. The molecule has 0 amide bonds. The summed E-state index contributed by atoms with van der Waals surface area (Å²) in [6.45, 7) is 7.17. The van der Waals surface area contributed by atoms with Crippen molar-refractivity contribution < 1.29 is 9.90 Å². The molecule has 1 unspecified atom stereocenters. The molecule has 1 aliphatic heterocycles. The zero-order valence-corrected chi connectivity index (χ0v) is 11.6. The lowest BCUT2D eigenvalue weighted by Crippen LogP contribution is -2.53. The molecule has 2 rings (SSSR count). The summed E-state index contributed by atoms with van der Waals surface area (Å²) >= 11 is 0. The van der Waals surface area contributed by atoms with Crippen LogP contribution in [0, 0.1) is 5.92 Å². The number of likely N-dealkylation sites (tertiary alicyclic amines) is 1. The summed E-state index contributed by atoms with van der Waals surface area (Å²) < 4.78 is 0. The third-order valence-corrected chi connectivity index (χ3v) is 4.44. The molecule has 4 nitrogen and oxygen atoms in total. The first kappa shape index (κ1) is 13.8. The fraction of sp³-hybridized carbons (Fsp3) is 0.929. The van der Waals surface area contributed by atoms with Crippen LogP contribution in [0.2, 0.25) is 0 Å². The Labute approximate surface area is 110 Å². The van der Waals surface area contributed by atoms with E-state index in [4.69, 9.17) is 0 Å². The van der Waals surface area contributed by atoms with E-state index in [-0.39, 0.29) is 0 Å². The average Bonchev–Trinajstić information content (AvgIpc) is 3.13. The molecule has 2 N–H and O–H groups in total. The first-order valence-electron chi connectivity index (χ1n) is 7.26. The van der Waals surface area contributed by atoms with Gasteiger partial charge in [0.15, 0.2) is 0 Å². The minimum atomic E-state index is -0.674. The van der Waals surface area contributed by atoms with Crippen molar-refractivity contribution in [2.75, 3.05) is 19.6 Å². The van der Waals surface area contributed by atoms with E-state index >= 15 is 0 Å². The molecule has 1 atom stereocenters. The number of carbonyl (C=O) groups is 1. The van der Waals surface area contributed by atoms with Crippen LogP contribution in [-0.2, 0) is 4.79 Å². The second-order valence-electron chi connectivity index (χ2n) is 6.19. The van der Waals surface area contributed by atoms with E-state index in [1.54, 1.807) is 0 Å². The minimum absolute atomic E-state index is 0.512. The van der Waals surface area contributed by atoms with Crippen molar-refractivity contribution in [3.8, 4) is 0 Å². The molecule has 0 aromatic rings. The van der Waals surface area contributed by atoms with Crippen LogP contribution in [0.1, 0.15) is 46.0 Å². The van der Waals surface area contributed by atoms with Crippen LogP contribution in [0.5, 0.6) is 0 Å². The summed E-state index contributed by atoms with van der Waals surface area (Å²) in [5.41, 5.74) is -0.674. The molecule has 1 saturated carbocycles. The molecule has 0 aromatic heterocycles. The second-order valence-corrected chi connectivity index (χ2v) is 6.19. The fourth-order valence-corrected chi connectivity index (χ4v) is 2.80. The zero-order valence-electron chi connectivity index (χ0n) is 11.6. The number of aliphatic carboxylic acids is 1. The highest BCUT2D eigenvalue weighted by Crippen LogP contribution is 2.30.